The molecule has 0 saturated carbocycles. The van der Waals surface area contributed by atoms with Gasteiger partial charge in [0.05, 0.1) is 5.71 Å². The number of nitrogens with one attached hydrogen (secondary N) is 2. The highest BCUT2D eigenvalue weighted by Gasteiger charge is 2.23. The number of hydrogen-bond acceptors (Lipinski definition) is 6. The second-order valence-electron chi connectivity index (χ2n) is 6.86. The molecule has 2 aromatic rings. The average Bonchev–Trinajstić information content (AvgIpc) is 3.07. The van der Waals surface area contributed by atoms with Crippen molar-refractivity contribution in [3.8, 4) is 11.5 Å². The summed E-state index contributed by atoms with van der Waals surface area (Å²) in [4.78, 5) is 14.1. The molecule has 0 aliphatic carbocycles. The molecule has 0 unspecified atom stereocenters. The lowest BCUT2D eigenvalue weighted by Crippen LogP contribution is -2.38. The fourth-order valence-corrected chi connectivity index (χ4v) is 3.19. The first-order valence-corrected chi connectivity index (χ1v) is 9.11. The highest BCUT2D eigenvalue weighted by Crippen LogP contribution is 2.22. The van der Waals surface area contributed by atoms with Gasteiger partial charge in [0.25, 0.3) is 5.91 Å². The van der Waals surface area contributed by atoms with E-state index in [0.717, 1.165) is 25.3 Å². The molecule has 1 aliphatic heterocycles. The summed E-state index contributed by atoms with van der Waals surface area (Å²) in [6, 6.07) is 16.4. The van der Waals surface area contributed by atoms with E-state index in [1.54, 1.807) is 24.3 Å². The summed E-state index contributed by atoms with van der Waals surface area (Å²) in [7, 11) is 2.03. The number of likely N-dealkylation sites (tertiary alicyclic amines) is 1. The maximum Gasteiger partial charge on any atom is 0.254 e. The first-order valence-electron chi connectivity index (χ1n) is 9.11. The van der Waals surface area contributed by atoms with Crippen molar-refractivity contribution in [3.63, 3.8) is 0 Å². The number of nitrogens with two attached hydrogens (primary N) is 2. The molecule has 146 valence electrons. The lowest BCUT2D eigenvalue weighted by atomic mass is 10.0. The number of carbonyl (C=O) groups excluding carboxylic acids is 1. The van der Waals surface area contributed by atoms with Gasteiger partial charge in [-0.25, -0.2) is 0 Å². The van der Waals surface area contributed by atoms with E-state index in [0.29, 0.717) is 11.3 Å². The van der Waals surface area contributed by atoms with Crippen molar-refractivity contribution in [1.29, 1.82) is 5.41 Å². The van der Waals surface area contributed by atoms with Gasteiger partial charge in [-0.3, -0.25) is 10.2 Å². The third-order valence-corrected chi connectivity index (χ3v) is 4.64. The minimum absolute atomic E-state index is 0.00807. The Balaban J connectivity index is 1.75. The van der Waals surface area contributed by atoms with Crippen LogP contribution in [0.4, 0.5) is 0 Å². The molecule has 0 aromatic heterocycles. The van der Waals surface area contributed by atoms with Gasteiger partial charge in [0.1, 0.15) is 22.9 Å². The highest BCUT2D eigenvalue weighted by atomic mass is 16.5. The van der Waals surface area contributed by atoms with E-state index in [-0.39, 0.29) is 23.1 Å². The summed E-state index contributed by atoms with van der Waals surface area (Å²) in [5.41, 5.74) is 12.1. The monoisotopic (exact) mass is 379 g/mol. The van der Waals surface area contributed by atoms with Crippen molar-refractivity contribution in [2.75, 3.05) is 20.1 Å². The molecule has 0 radical (unpaired) electrons. The van der Waals surface area contributed by atoms with Crippen LogP contribution in [0.15, 0.2) is 66.0 Å². The van der Waals surface area contributed by atoms with Crippen LogP contribution in [0, 0.1) is 5.41 Å². The van der Waals surface area contributed by atoms with E-state index < -0.39 is 5.91 Å². The largest absolute Gasteiger partial charge is 0.457 e. The summed E-state index contributed by atoms with van der Waals surface area (Å²) in [5, 5.41) is 11.6. The predicted octanol–water partition coefficient (Wildman–Crippen LogP) is 1.80. The van der Waals surface area contributed by atoms with Crippen molar-refractivity contribution in [3.05, 3.63) is 71.6 Å². The highest BCUT2D eigenvalue weighted by molar-refractivity contribution is 6.26. The van der Waals surface area contributed by atoms with Crippen LogP contribution in [0.1, 0.15) is 12.0 Å². The van der Waals surface area contributed by atoms with Crippen molar-refractivity contribution < 1.29 is 9.53 Å². The number of amides is 1. The van der Waals surface area contributed by atoms with Crippen molar-refractivity contribution in [2.45, 2.75) is 12.5 Å². The topological polar surface area (TPSA) is 117 Å². The number of primary amides is 1. The summed E-state index contributed by atoms with van der Waals surface area (Å²) < 4.78 is 5.75. The molecule has 7 nitrogen and oxygen atoms in total. The zero-order chi connectivity index (χ0) is 20.1. The van der Waals surface area contributed by atoms with Gasteiger partial charge in [-0.2, -0.15) is 0 Å². The van der Waals surface area contributed by atoms with Crippen molar-refractivity contribution in [2.24, 2.45) is 11.5 Å². The van der Waals surface area contributed by atoms with Gasteiger partial charge < -0.3 is 26.4 Å². The first-order chi connectivity index (χ1) is 13.4. The Hall–Kier alpha value is -3.32. The second kappa shape index (κ2) is 8.58. The molecule has 0 bridgehead atoms. The van der Waals surface area contributed by atoms with Crippen LogP contribution in [0.25, 0.3) is 0 Å². The number of hydrogen-bond donors (Lipinski definition) is 4. The number of ether oxygens (including phenoxy) is 1. The molecular weight excluding hydrogens is 354 g/mol. The Labute approximate surface area is 164 Å². The molecule has 1 amide bonds. The van der Waals surface area contributed by atoms with E-state index in [2.05, 4.69) is 10.2 Å². The van der Waals surface area contributed by atoms with Gasteiger partial charge in [-0.1, -0.05) is 18.2 Å². The molecule has 1 heterocycles. The van der Waals surface area contributed by atoms with Gasteiger partial charge in [0.15, 0.2) is 0 Å². The van der Waals surface area contributed by atoms with Gasteiger partial charge in [-0.05, 0) is 56.4 Å². The minimum Gasteiger partial charge on any atom is -0.457 e. The molecule has 28 heavy (non-hydrogen) atoms. The first kappa shape index (κ1) is 19.4. The number of nitrogens with zero attached hydrogens (tertiary/aromatic N) is 1. The lowest BCUT2D eigenvalue weighted by molar-refractivity contribution is -0.114. The normalized spacial score (nSPS) is 17.7. The molecule has 1 saturated heterocycles. The number of carbonyl (C=O) groups is 1. The van der Waals surface area contributed by atoms with Crippen LogP contribution in [-0.4, -0.2) is 42.7 Å². The van der Waals surface area contributed by atoms with Crippen LogP contribution < -0.4 is 21.5 Å². The Morgan fingerprint density at radius 1 is 1.11 bits per heavy atom. The molecule has 1 atom stereocenters. The van der Waals surface area contributed by atoms with Gasteiger partial charge in [0.2, 0.25) is 0 Å². The predicted molar refractivity (Wildman–Crippen MR) is 109 cm³/mol. The van der Waals surface area contributed by atoms with Crippen LogP contribution in [0.5, 0.6) is 11.5 Å². The van der Waals surface area contributed by atoms with E-state index in [1.807, 2.05) is 37.4 Å². The zero-order valence-electron chi connectivity index (χ0n) is 15.8. The van der Waals surface area contributed by atoms with E-state index in [4.69, 9.17) is 21.6 Å². The smallest absolute Gasteiger partial charge is 0.254 e. The third-order valence-electron chi connectivity index (χ3n) is 4.64. The second-order valence-corrected chi connectivity index (χ2v) is 6.86. The quantitative estimate of drug-likeness (QED) is 0.432. The summed E-state index contributed by atoms with van der Waals surface area (Å²) in [6.07, 6.45) is 0.919. The molecule has 6 N–H and O–H groups in total. The van der Waals surface area contributed by atoms with Crippen LogP contribution >= 0.6 is 0 Å². The standard InChI is InChI=1S/C21H25N5O2/c1-26-12-11-15(13-26)25-20(23)18(21(24)27)19(22)14-7-9-17(10-8-14)28-16-5-3-2-4-6-16/h2-10,15,22,25H,11-13,23H2,1H3,(H2,24,27)/b20-18+,22-19?/t15-/m1/s1. The van der Waals surface area contributed by atoms with Gasteiger partial charge in [0, 0.05) is 18.2 Å². The molecule has 2 aromatic carbocycles. The SMILES string of the molecule is CN1CC[C@@H](N/C(N)=C(\C(=N)c2ccc(Oc3ccccc3)cc2)C(N)=O)C1. The molecule has 0 spiro atoms. The maximum absolute atomic E-state index is 12.0. The molecule has 1 fully saturated rings. The number of para-hydroxylation sites is 1. The summed E-state index contributed by atoms with van der Waals surface area (Å²) >= 11 is 0. The van der Waals surface area contributed by atoms with Gasteiger partial charge >= 0.3 is 0 Å². The van der Waals surface area contributed by atoms with Crippen LogP contribution in [0.3, 0.4) is 0 Å². The van der Waals surface area contributed by atoms with Crippen molar-refractivity contribution >= 4 is 11.6 Å². The fraction of sp³-hybridized carbons (Fsp3) is 0.238. The van der Waals surface area contributed by atoms with Gasteiger partial charge in [-0.15, -0.1) is 0 Å². The van der Waals surface area contributed by atoms with E-state index >= 15 is 0 Å². The van der Waals surface area contributed by atoms with Crippen LogP contribution in [-0.2, 0) is 4.79 Å². The Bertz CT molecular complexity index is 877. The maximum atomic E-state index is 12.0. The average molecular weight is 379 g/mol. The fourth-order valence-electron chi connectivity index (χ4n) is 3.19. The number of benzene rings is 2. The molecule has 7 heteroatoms. The third kappa shape index (κ3) is 4.69. The Morgan fingerprint density at radius 2 is 1.75 bits per heavy atom. The van der Waals surface area contributed by atoms with Crippen LogP contribution in [0.2, 0.25) is 0 Å². The molecular formula is C21H25N5O2. The summed E-state index contributed by atoms with van der Waals surface area (Å²) in [5.74, 6) is 0.763. The molecule has 1 aliphatic rings. The summed E-state index contributed by atoms with van der Waals surface area (Å²) in [6.45, 7) is 1.78. The van der Waals surface area contributed by atoms with E-state index in [9.17, 15) is 4.79 Å². The number of likely N-dealkylation sites (N-methyl/N-ethyl adjacent to an activating group) is 1. The Morgan fingerprint density at radius 3 is 2.32 bits per heavy atom. The number of rotatable bonds is 7. The Kier molecular flexibility index (Phi) is 5.96. The van der Waals surface area contributed by atoms with Crippen molar-refractivity contribution in [1.82, 2.24) is 10.2 Å². The minimum atomic E-state index is -0.731. The lowest BCUT2D eigenvalue weighted by Gasteiger charge is -2.17. The van der Waals surface area contributed by atoms with E-state index in [1.165, 1.54) is 0 Å². The molecule has 3 rings (SSSR count). The zero-order valence-corrected chi connectivity index (χ0v) is 15.8.